The molecule has 1 atom stereocenters. The summed E-state index contributed by atoms with van der Waals surface area (Å²) >= 11 is 0. The average molecular weight is 564 g/mol. The molecule has 5 heterocycles. The maximum absolute atomic E-state index is 10.4. The van der Waals surface area contributed by atoms with E-state index in [-0.39, 0.29) is 11.8 Å². The van der Waals surface area contributed by atoms with Crippen LogP contribution in [-0.2, 0) is 6.42 Å². The number of phenols is 1. The molecule has 0 amide bonds. The van der Waals surface area contributed by atoms with Crippen molar-refractivity contribution in [3.63, 3.8) is 0 Å². The van der Waals surface area contributed by atoms with Crippen molar-refractivity contribution < 1.29 is 5.11 Å². The number of hydrogen-bond acceptors (Lipinski definition) is 7. The fourth-order valence-electron chi connectivity index (χ4n) is 8.46. The lowest BCUT2D eigenvalue weighted by Gasteiger charge is -2.49. The summed E-state index contributed by atoms with van der Waals surface area (Å²) in [5.41, 5.74) is 6.59. The lowest BCUT2D eigenvalue weighted by atomic mass is 9.60. The Labute approximate surface area is 247 Å². The van der Waals surface area contributed by atoms with Crippen molar-refractivity contribution in [3.05, 3.63) is 59.5 Å². The molecule has 1 saturated heterocycles. The van der Waals surface area contributed by atoms with Gasteiger partial charge in [0.25, 0.3) is 0 Å². The molecular formula is C34H41N7O. The normalized spacial score (nSPS) is 23.3. The highest BCUT2D eigenvalue weighted by atomic mass is 16.3. The Morgan fingerprint density at radius 2 is 1.69 bits per heavy atom. The van der Waals surface area contributed by atoms with Gasteiger partial charge in [-0.15, -0.1) is 10.2 Å². The van der Waals surface area contributed by atoms with E-state index in [0.717, 1.165) is 41.4 Å². The zero-order valence-corrected chi connectivity index (χ0v) is 24.6. The monoisotopic (exact) mass is 563 g/mol. The Balaban J connectivity index is 0.955. The molecule has 0 unspecified atom stereocenters. The van der Waals surface area contributed by atoms with Crippen LogP contribution in [0.4, 0.5) is 5.95 Å². The molecule has 2 saturated carbocycles. The number of fused-ring (bicyclic) bond motifs is 3. The highest BCUT2D eigenvalue weighted by Gasteiger charge is 2.41. The lowest BCUT2D eigenvalue weighted by molar-refractivity contribution is 0.0233. The van der Waals surface area contributed by atoms with E-state index in [2.05, 4.69) is 44.3 Å². The van der Waals surface area contributed by atoms with Crippen LogP contribution >= 0.6 is 0 Å². The summed E-state index contributed by atoms with van der Waals surface area (Å²) in [6.45, 7) is 5.49. The number of aromatic amines is 1. The molecule has 1 aromatic carbocycles. The number of H-pyrrole nitrogens is 1. The molecule has 1 spiro atoms. The minimum absolute atomic E-state index is 0.0903. The van der Waals surface area contributed by atoms with E-state index in [4.69, 9.17) is 9.97 Å². The molecule has 2 N–H and O–H groups in total. The smallest absolute Gasteiger partial charge is 0.225 e. The summed E-state index contributed by atoms with van der Waals surface area (Å²) < 4.78 is 0. The second-order valence-corrected chi connectivity index (χ2v) is 13.4. The van der Waals surface area contributed by atoms with Crippen molar-refractivity contribution in [1.82, 2.24) is 30.0 Å². The van der Waals surface area contributed by atoms with Gasteiger partial charge in [0, 0.05) is 53.6 Å². The van der Waals surface area contributed by atoms with Crippen molar-refractivity contribution in [2.45, 2.75) is 89.1 Å². The second-order valence-electron chi connectivity index (χ2n) is 13.4. The molecule has 8 nitrogen and oxygen atoms in total. The number of para-hydroxylation sites is 1. The summed E-state index contributed by atoms with van der Waals surface area (Å²) in [5, 5.41) is 20.3. The third-order valence-electron chi connectivity index (χ3n) is 11.2. The minimum atomic E-state index is 0.0903. The number of piperidine rings is 1. The molecule has 8 heteroatoms. The maximum Gasteiger partial charge on any atom is 0.225 e. The number of likely N-dealkylation sites (tertiary alicyclic amines) is 1. The van der Waals surface area contributed by atoms with Crippen LogP contribution in [0.5, 0.6) is 5.75 Å². The molecule has 218 valence electrons. The van der Waals surface area contributed by atoms with Crippen molar-refractivity contribution in [3.8, 4) is 17.0 Å². The molecule has 3 fully saturated rings. The third kappa shape index (κ3) is 4.46. The highest BCUT2D eigenvalue weighted by Crippen LogP contribution is 2.52. The third-order valence-corrected chi connectivity index (χ3v) is 11.2. The van der Waals surface area contributed by atoms with Gasteiger partial charge < -0.3 is 19.9 Å². The van der Waals surface area contributed by atoms with Crippen LogP contribution in [0.25, 0.3) is 22.3 Å². The second kappa shape index (κ2) is 10.3. The number of aromatic nitrogens is 5. The van der Waals surface area contributed by atoms with Crippen LogP contribution in [0.1, 0.15) is 93.5 Å². The number of aromatic hydroxyl groups is 1. The molecule has 4 aromatic rings. The number of rotatable bonds is 4. The van der Waals surface area contributed by atoms with Gasteiger partial charge in [0.1, 0.15) is 5.75 Å². The SMILES string of the molecule is C[C@@H]1c2c([nH]c3nnc(-c4ccccc4O)cc23)CCN1c1ncc(C2CCN(C3CCC4(CCC4)CC3)CC2)cn1. The van der Waals surface area contributed by atoms with Gasteiger partial charge in [-0.2, -0.15) is 0 Å². The Hall–Kier alpha value is -3.52. The van der Waals surface area contributed by atoms with Crippen molar-refractivity contribution in [2.75, 3.05) is 24.5 Å². The number of hydrogen-bond donors (Lipinski definition) is 2. The molecule has 0 bridgehead atoms. The van der Waals surface area contributed by atoms with E-state index in [9.17, 15) is 5.11 Å². The minimum Gasteiger partial charge on any atom is -0.507 e. The van der Waals surface area contributed by atoms with Gasteiger partial charge in [-0.3, -0.25) is 0 Å². The van der Waals surface area contributed by atoms with E-state index in [1.807, 2.05) is 24.3 Å². The first kappa shape index (κ1) is 26.1. The van der Waals surface area contributed by atoms with Crippen LogP contribution in [0.3, 0.4) is 0 Å². The van der Waals surface area contributed by atoms with Gasteiger partial charge >= 0.3 is 0 Å². The molecule has 8 rings (SSSR count). The van der Waals surface area contributed by atoms with E-state index in [0.29, 0.717) is 17.2 Å². The Bertz CT molecular complexity index is 1580. The van der Waals surface area contributed by atoms with Crippen molar-refractivity contribution in [1.29, 1.82) is 0 Å². The van der Waals surface area contributed by atoms with E-state index < -0.39 is 0 Å². The fraction of sp³-hybridized carbons (Fsp3) is 0.529. The first-order valence-corrected chi connectivity index (χ1v) is 16.1. The van der Waals surface area contributed by atoms with E-state index in [1.54, 1.807) is 6.07 Å². The number of nitrogens with one attached hydrogen (secondary N) is 1. The van der Waals surface area contributed by atoms with Crippen LogP contribution in [0.15, 0.2) is 42.7 Å². The topological polar surface area (TPSA) is 94.1 Å². The summed E-state index contributed by atoms with van der Waals surface area (Å²) in [7, 11) is 0. The summed E-state index contributed by atoms with van der Waals surface area (Å²) in [6.07, 6.45) is 17.7. The molecule has 2 aliphatic heterocycles. The van der Waals surface area contributed by atoms with Gasteiger partial charge in [0.15, 0.2) is 5.65 Å². The van der Waals surface area contributed by atoms with Gasteiger partial charge in [0.05, 0.1) is 11.7 Å². The predicted octanol–water partition coefficient (Wildman–Crippen LogP) is 6.54. The largest absolute Gasteiger partial charge is 0.507 e. The number of phenolic OH excluding ortho intramolecular Hbond substituents is 1. The number of benzene rings is 1. The van der Waals surface area contributed by atoms with E-state index in [1.165, 1.54) is 87.7 Å². The van der Waals surface area contributed by atoms with Crippen LogP contribution in [0.2, 0.25) is 0 Å². The Morgan fingerprint density at radius 3 is 2.40 bits per heavy atom. The molecular weight excluding hydrogens is 522 g/mol. The summed E-state index contributed by atoms with van der Waals surface area (Å²) in [4.78, 5) is 18.4. The van der Waals surface area contributed by atoms with Crippen molar-refractivity contribution in [2.24, 2.45) is 5.41 Å². The molecule has 2 aliphatic carbocycles. The summed E-state index contributed by atoms with van der Waals surface area (Å²) in [5.74, 6) is 1.56. The zero-order valence-electron chi connectivity index (χ0n) is 24.6. The number of nitrogens with zero attached hydrogens (tertiary/aromatic N) is 6. The molecule has 4 aliphatic rings. The first-order valence-electron chi connectivity index (χ1n) is 16.1. The Morgan fingerprint density at radius 1 is 0.929 bits per heavy atom. The average Bonchev–Trinajstić information content (AvgIpc) is 3.40. The predicted molar refractivity (Wildman–Crippen MR) is 165 cm³/mol. The zero-order chi connectivity index (χ0) is 28.3. The van der Waals surface area contributed by atoms with Gasteiger partial charge in [-0.1, -0.05) is 18.6 Å². The van der Waals surface area contributed by atoms with E-state index >= 15 is 0 Å². The first-order chi connectivity index (χ1) is 20.6. The molecule has 42 heavy (non-hydrogen) atoms. The summed E-state index contributed by atoms with van der Waals surface area (Å²) in [6, 6.07) is 10.2. The van der Waals surface area contributed by atoms with Crippen LogP contribution in [-0.4, -0.2) is 60.8 Å². The Kier molecular flexibility index (Phi) is 6.43. The molecule has 3 aromatic heterocycles. The fourth-order valence-corrected chi connectivity index (χ4v) is 8.46. The van der Waals surface area contributed by atoms with Crippen molar-refractivity contribution >= 4 is 17.0 Å². The lowest BCUT2D eigenvalue weighted by Crippen LogP contribution is -2.46. The highest BCUT2D eigenvalue weighted by molar-refractivity contribution is 5.86. The number of anilines is 1. The van der Waals surface area contributed by atoms with Gasteiger partial charge in [-0.05, 0) is 106 Å². The van der Waals surface area contributed by atoms with Crippen LogP contribution < -0.4 is 4.90 Å². The standard InChI is InChI=1S/C34H41N7O/c1-22-31-27-19-29(26-5-2-3-6-30(26)42)38-39-32(27)37-28(31)11-18-41(22)33-35-20-24(21-36-33)23-9-16-40(17-10-23)25-7-14-34(15-8-25)12-4-13-34/h2-3,5-6,19-23,25,42H,4,7-18H2,1H3,(H,37,39)/t22-/m1/s1. The van der Waals surface area contributed by atoms with Gasteiger partial charge in [0.2, 0.25) is 5.95 Å². The quantitative estimate of drug-likeness (QED) is 0.291. The van der Waals surface area contributed by atoms with Crippen LogP contribution in [0, 0.1) is 5.41 Å². The molecule has 0 radical (unpaired) electrons. The maximum atomic E-state index is 10.4. The van der Waals surface area contributed by atoms with Gasteiger partial charge in [-0.25, -0.2) is 9.97 Å².